The van der Waals surface area contributed by atoms with Gasteiger partial charge in [0, 0.05) is 0 Å². The summed E-state index contributed by atoms with van der Waals surface area (Å²) >= 11 is 1.27. The molecule has 1 aliphatic carbocycles. The number of hydrogen-bond donors (Lipinski definition) is 0. The van der Waals surface area contributed by atoms with E-state index in [2.05, 4.69) is 20.8 Å². The third kappa shape index (κ3) is 2.57. The van der Waals surface area contributed by atoms with E-state index in [-0.39, 0.29) is 24.8 Å². The Bertz CT molecular complexity index is 209. The normalized spacial score (nSPS) is 22.3. The monoisotopic (exact) mass is 389 g/mol. The van der Waals surface area contributed by atoms with E-state index in [0.29, 0.717) is 0 Å². The minimum atomic E-state index is 0. The van der Waals surface area contributed by atoms with E-state index in [1.54, 1.807) is 19.7 Å². The van der Waals surface area contributed by atoms with Gasteiger partial charge in [0.15, 0.2) is 0 Å². The molecule has 0 heterocycles. The van der Waals surface area contributed by atoms with Crippen molar-refractivity contribution >= 4 is 35.1 Å². The molecular weight excluding hydrogens is 374 g/mol. The summed E-state index contributed by atoms with van der Waals surface area (Å²) in [6.07, 6.45) is 0. The molecule has 0 saturated heterocycles. The molecule has 0 aliphatic heterocycles. The molecule has 0 saturated carbocycles. The SMILES string of the molecule is CC1=C(C)C(C)[C]([Hf])=C1[SiH3].Cl.Cl. The number of allylic oxidation sites excluding steroid dienone is 4. The number of hydrogen-bond acceptors (Lipinski definition) is 0. The molecule has 1 rings (SSSR count). The van der Waals surface area contributed by atoms with Crippen LogP contribution in [0, 0.1) is 5.92 Å². The summed E-state index contributed by atoms with van der Waals surface area (Å²) in [4.78, 5) is 0. The minimum absolute atomic E-state index is 0. The van der Waals surface area contributed by atoms with Crippen LogP contribution in [0.5, 0.6) is 0 Å². The Morgan fingerprint density at radius 1 is 1.25 bits per heavy atom. The molecule has 1 atom stereocenters. The van der Waals surface area contributed by atoms with E-state index in [9.17, 15) is 0 Å². The zero-order valence-corrected chi connectivity index (χ0v) is 15.1. The van der Waals surface area contributed by atoms with Crippen molar-refractivity contribution in [1.29, 1.82) is 0 Å². The van der Waals surface area contributed by atoms with Gasteiger partial charge in [-0.2, -0.15) is 0 Å². The van der Waals surface area contributed by atoms with Crippen molar-refractivity contribution in [3.8, 4) is 0 Å². The van der Waals surface area contributed by atoms with Crippen molar-refractivity contribution < 1.29 is 24.4 Å². The second-order valence-corrected chi connectivity index (χ2v) is 6.00. The summed E-state index contributed by atoms with van der Waals surface area (Å²) in [6.45, 7) is 6.90. The predicted molar refractivity (Wildman–Crippen MR) is 59.0 cm³/mol. The van der Waals surface area contributed by atoms with Crippen molar-refractivity contribution in [2.75, 3.05) is 0 Å². The molecule has 0 fully saturated rings. The van der Waals surface area contributed by atoms with Gasteiger partial charge < -0.3 is 0 Å². The van der Waals surface area contributed by atoms with E-state index in [1.807, 2.05) is 0 Å². The molecule has 0 aromatic heterocycles. The van der Waals surface area contributed by atoms with Gasteiger partial charge in [0.25, 0.3) is 0 Å². The second kappa shape index (κ2) is 5.79. The first kappa shape index (κ1) is 15.6. The van der Waals surface area contributed by atoms with Crippen LogP contribution < -0.4 is 0 Å². The molecule has 12 heavy (non-hydrogen) atoms. The molecule has 0 amide bonds. The van der Waals surface area contributed by atoms with Gasteiger partial charge >= 0.3 is 81.0 Å². The first-order valence-corrected chi connectivity index (χ1v) is 6.45. The van der Waals surface area contributed by atoms with Crippen LogP contribution in [0.3, 0.4) is 0 Å². The van der Waals surface area contributed by atoms with E-state index >= 15 is 0 Å². The fourth-order valence-electron chi connectivity index (χ4n) is 1.36. The van der Waals surface area contributed by atoms with Crippen LogP contribution in [0.4, 0.5) is 0 Å². The Kier molecular flexibility index (Phi) is 7.53. The van der Waals surface area contributed by atoms with Crippen molar-refractivity contribution in [3.63, 3.8) is 0 Å². The predicted octanol–water partition coefficient (Wildman–Crippen LogP) is 1.94. The van der Waals surface area contributed by atoms with Gasteiger partial charge in [0.1, 0.15) is 0 Å². The zero-order chi connectivity index (χ0) is 7.89. The summed E-state index contributed by atoms with van der Waals surface area (Å²) in [7, 11) is 1.25. The zero-order valence-electron chi connectivity index (χ0n) is 7.89. The summed E-state index contributed by atoms with van der Waals surface area (Å²) < 4.78 is 1.75. The molecule has 1 unspecified atom stereocenters. The topological polar surface area (TPSA) is 0 Å². The van der Waals surface area contributed by atoms with Gasteiger partial charge in [-0.05, 0) is 0 Å². The van der Waals surface area contributed by atoms with E-state index in [1.165, 1.54) is 34.6 Å². The van der Waals surface area contributed by atoms with Crippen LogP contribution in [0.15, 0.2) is 19.7 Å². The standard InChI is InChI=1S/C8H13Si.2ClH.Hf/c1-5-4-8(9)7(3)6(5)2;;;/h5H,1-3,9H3;2*1H;. The van der Waals surface area contributed by atoms with E-state index < -0.39 is 0 Å². The Balaban J connectivity index is 0. The quantitative estimate of drug-likeness (QED) is 0.557. The van der Waals surface area contributed by atoms with Crippen molar-refractivity contribution in [2.45, 2.75) is 20.8 Å². The largest absolute Gasteiger partial charge is 0.147 e. The van der Waals surface area contributed by atoms with Crippen LogP contribution >= 0.6 is 24.8 Å². The first-order valence-electron chi connectivity index (χ1n) is 3.65. The van der Waals surface area contributed by atoms with Crippen molar-refractivity contribution in [2.24, 2.45) is 5.92 Å². The molecule has 0 bridgehead atoms. The maximum atomic E-state index is 2.34. The van der Waals surface area contributed by atoms with Crippen molar-refractivity contribution in [1.82, 2.24) is 0 Å². The number of halogens is 2. The van der Waals surface area contributed by atoms with Gasteiger partial charge in [-0.1, -0.05) is 0 Å². The van der Waals surface area contributed by atoms with Crippen LogP contribution in [0.2, 0.25) is 0 Å². The molecule has 69 valence electrons. The Morgan fingerprint density at radius 2 is 1.67 bits per heavy atom. The van der Waals surface area contributed by atoms with Crippen LogP contribution in [-0.4, -0.2) is 10.2 Å². The average Bonchev–Trinajstić information content (AvgIpc) is 2.07. The molecule has 0 N–H and O–H groups in total. The molecule has 0 aromatic rings. The maximum Gasteiger partial charge on any atom is -0.147 e. The minimum Gasteiger partial charge on any atom is -0.147 e. The van der Waals surface area contributed by atoms with Gasteiger partial charge in [0.05, 0.1) is 0 Å². The Morgan fingerprint density at radius 3 is 1.75 bits per heavy atom. The fourth-order valence-corrected chi connectivity index (χ4v) is 3.64. The molecule has 1 aliphatic rings. The third-order valence-corrected chi connectivity index (χ3v) is 8.63. The van der Waals surface area contributed by atoms with E-state index in [4.69, 9.17) is 0 Å². The maximum absolute atomic E-state index is 2.34. The third-order valence-electron chi connectivity index (χ3n) is 2.64. The van der Waals surface area contributed by atoms with Gasteiger partial charge in [-0.25, -0.2) is 0 Å². The van der Waals surface area contributed by atoms with Gasteiger partial charge in [0.2, 0.25) is 0 Å². The summed E-state index contributed by atoms with van der Waals surface area (Å²) in [6, 6.07) is 0. The molecule has 0 nitrogen and oxygen atoms in total. The van der Waals surface area contributed by atoms with Crippen LogP contribution in [-0.2, 0) is 24.4 Å². The van der Waals surface area contributed by atoms with Crippen molar-refractivity contribution in [3.05, 3.63) is 19.7 Å². The van der Waals surface area contributed by atoms with Gasteiger partial charge in [-0.3, -0.25) is 0 Å². The van der Waals surface area contributed by atoms with E-state index in [0.717, 1.165) is 5.92 Å². The second-order valence-electron chi connectivity index (χ2n) is 3.07. The summed E-state index contributed by atoms with van der Waals surface area (Å²) in [5.74, 6) is 0.791. The summed E-state index contributed by atoms with van der Waals surface area (Å²) in [5.41, 5.74) is 3.22. The first-order chi connectivity index (χ1) is 4.55. The molecule has 0 aromatic carbocycles. The average molecular weight is 389 g/mol. The molecule has 0 radical (unpaired) electrons. The molecule has 0 spiro atoms. The molecule has 4 heteroatoms. The Labute approximate surface area is 105 Å². The van der Waals surface area contributed by atoms with Crippen LogP contribution in [0.25, 0.3) is 0 Å². The van der Waals surface area contributed by atoms with Gasteiger partial charge in [-0.15, -0.1) is 24.8 Å². The smallest absolute Gasteiger partial charge is 0.147 e. The van der Waals surface area contributed by atoms with Crippen LogP contribution in [0.1, 0.15) is 20.8 Å². The fraction of sp³-hybridized carbons (Fsp3) is 0.500. The Hall–Kier alpha value is 1.15. The molecular formula is C8H15Cl2HfSi. The number of rotatable bonds is 0. The summed E-state index contributed by atoms with van der Waals surface area (Å²) in [5, 5.41) is 1.71.